The first-order chi connectivity index (χ1) is 13.0. The van der Waals surface area contributed by atoms with Crippen molar-refractivity contribution in [2.75, 3.05) is 31.5 Å². The van der Waals surface area contributed by atoms with Crippen LogP contribution in [-0.2, 0) is 9.59 Å². The van der Waals surface area contributed by atoms with E-state index < -0.39 is 0 Å². The minimum absolute atomic E-state index is 0.0419. The minimum atomic E-state index is -0.233. The van der Waals surface area contributed by atoms with Gasteiger partial charge in [0.1, 0.15) is 0 Å². The van der Waals surface area contributed by atoms with E-state index >= 15 is 0 Å². The molecule has 2 heterocycles. The zero-order valence-corrected chi connectivity index (χ0v) is 15.9. The highest BCUT2D eigenvalue weighted by Crippen LogP contribution is 2.32. The molecule has 1 aliphatic carbocycles. The number of nitrogens with one attached hydrogen (secondary N) is 3. The van der Waals surface area contributed by atoms with Gasteiger partial charge in [-0.25, -0.2) is 4.98 Å². The lowest BCUT2D eigenvalue weighted by Crippen LogP contribution is -2.45. The first-order valence-electron chi connectivity index (χ1n) is 9.93. The number of amides is 2. The van der Waals surface area contributed by atoms with Crippen LogP contribution in [0.5, 0.6) is 0 Å². The van der Waals surface area contributed by atoms with Gasteiger partial charge in [0.25, 0.3) is 5.56 Å². The van der Waals surface area contributed by atoms with Gasteiger partial charge in [0.05, 0.1) is 0 Å². The Bertz CT molecular complexity index is 726. The summed E-state index contributed by atoms with van der Waals surface area (Å²) in [4.78, 5) is 45.6. The van der Waals surface area contributed by atoms with Crippen molar-refractivity contribution in [1.29, 1.82) is 0 Å². The van der Waals surface area contributed by atoms with Gasteiger partial charge in [0.15, 0.2) is 0 Å². The highest BCUT2D eigenvalue weighted by Gasteiger charge is 2.38. The van der Waals surface area contributed by atoms with E-state index in [1.165, 1.54) is 6.07 Å². The maximum atomic E-state index is 12.8. The van der Waals surface area contributed by atoms with Crippen molar-refractivity contribution >= 4 is 17.8 Å². The predicted molar refractivity (Wildman–Crippen MR) is 102 cm³/mol. The van der Waals surface area contributed by atoms with Gasteiger partial charge >= 0.3 is 0 Å². The monoisotopic (exact) mass is 375 g/mol. The average Bonchev–Trinajstić information content (AvgIpc) is 3.18. The zero-order chi connectivity index (χ0) is 19.2. The van der Waals surface area contributed by atoms with E-state index in [9.17, 15) is 14.4 Å². The number of anilines is 1. The molecule has 8 heteroatoms. The summed E-state index contributed by atoms with van der Waals surface area (Å²) in [6.45, 7) is 4.28. The Morgan fingerprint density at radius 2 is 1.85 bits per heavy atom. The summed E-state index contributed by atoms with van der Waals surface area (Å²) in [7, 11) is 0. The molecule has 1 saturated heterocycles. The molecule has 1 aliphatic heterocycles. The molecule has 1 aromatic heterocycles. The standard InChI is InChI=1S/C19H29N5O3/c1-13-12-16(25)23-19(22-13)21-9-8-20-17(26)14-6-2-3-7-15(14)18(27)24-10-4-5-11-24/h12,14-15H,2-11H2,1H3,(H,20,26)(H2,21,22,23,25)/t14-,15+/m1/s1. The molecule has 148 valence electrons. The van der Waals surface area contributed by atoms with Gasteiger partial charge in [0.2, 0.25) is 17.8 Å². The summed E-state index contributed by atoms with van der Waals surface area (Å²) in [6, 6.07) is 1.42. The number of carbonyl (C=O) groups excluding carboxylic acids is 2. The van der Waals surface area contributed by atoms with Gasteiger partial charge in [-0.05, 0) is 32.6 Å². The Labute approximate surface area is 159 Å². The molecular weight excluding hydrogens is 346 g/mol. The third-order valence-corrected chi connectivity index (χ3v) is 5.42. The summed E-state index contributed by atoms with van der Waals surface area (Å²) in [5.74, 6) is 0.101. The van der Waals surface area contributed by atoms with Gasteiger partial charge in [0, 0.05) is 49.8 Å². The summed E-state index contributed by atoms with van der Waals surface area (Å²) in [5, 5.41) is 5.94. The second-order valence-electron chi connectivity index (χ2n) is 7.48. The summed E-state index contributed by atoms with van der Waals surface area (Å²) < 4.78 is 0. The van der Waals surface area contributed by atoms with Crippen LogP contribution in [0.1, 0.15) is 44.2 Å². The van der Waals surface area contributed by atoms with E-state index in [0.717, 1.165) is 51.6 Å². The molecule has 0 unspecified atom stereocenters. The van der Waals surface area contributed by atoms with Crippen LogP contribution in [0.25, 0.3) is 0 Å². The number of rotatable bonds is 6. The SMILES string of the molecule is Cc1cc(=O)[nH]c(NCCNC(=O)[C@@H]2CCCC[C@@H]2C(=O)N2CCCC2)n1. The van der Waals surface area contributed by atoms with Crippen LogP contribution in [0, 0.1) is 18.8 Å². The first-order valence-corrected chi connectivity index (χ1v) is 9.93. The van der Waals surface area contributed by atoms with Gasteiger partial charge in [-0.1, -0.05) is 12.8 Å². The summed E-state index contributed by atoms with van der Waals surface area (Å²) in [5.41, 5.74) is 0.426. The molecule has 8 nitrogen and oxygen atoms in total. The number of carbonyl (C=O) groups is 2. The lowest BCUT2D eigenvalue weighted by atomic mass is 9.78. The van der Waals surface area contributed by atoms with E-state index in [2.05, 4.69) is 20.6 Å². The Morgan fingerprint density at radius 3 is 2.56 bits per heavy atom. The largest absolute Gasteiger partial charge is 0.354 e. The van der Waals surface area contributed by atoms with Crippen LogP contribution >= 0.6 is 0 Å². The number of H-pyrrole nitrogens is 1. The topological polar surface area (TPSA) is 107 Å². The minimum Gasteiger partial charge on any atom is -0.354 e. The molecule has 1 aromatic rings. The van der Waals surface area contributed by atoms with Crippen molar-refractivity contribution in [2.45, 2.75) is 45.4 Å². The van der Waals surface area contributed by atoms with Crippen LogP contribution in [0.4, 0.5) is 5.95 Å². The van der Waals surface area contributed by atoms with Crippen LogP contribution in [0.15, 0.2) is 10.9 Å². The normalized spacial score (nSPS) is 22.5. The van der Waals surface area contributed by atoms with Gasteiger partial charge < -0.3 is 15.5 Å². The molecule has 0 bridgehead atoms. The van der Waals surface area contributed by atoms with Crippen molar-refractivity contribution in [3.63, 3.8) is 0 Å². The molecule has 1 saturated carbocycles. The number of likely N-dealkylation sites (tertiary alicyclic amines) is 1. The smallest absolute Gasteiger partial charge is 0.252 e. The molecule has 3 N–H and O–H groups in total. The number of nitrogens with zero attached hydrogens (tertiary/aromatic N) is 2. The highest BCUT2D eigenvalue weighted by molar-refractivity contribution is 5.88. The average molecular weight is 375 g/mol. The van der Waals surface area contributed by atoms with Crippen LogP contribution in [0.2, 0.25) is 0 Å². The van der Waals surface area contributed by atoms with Crippen LogP contribution in [-0.4, -0.2) is 52.9 Å². The van der Waals surface area contributed by atoms with Crippen molar-refractivity contribution in [2.24, 2.45) is 11.8 Å². The number of hydrogen-bond acceptors (Lipinski definition) is 5. The Hall–Kier alpha value is -2.38. The summed E-state index contributed by atoms with van der Waals surface area (Å²) in [6.07, 6.45) is 5.72. The van der Waals surface area contributed by atoms with Crippen LogP contribution in [0.3, 0.4) is 0 Å². The number of hydrogen-bond donors (Lipinski definition) is 3. The highest BCUT2D eigenvalue weighted by atomic mass is 16.2. The maximum absolute atomic E-state index is 12.8. The second kappa shape index (κ2) is 9.01. The van der Waals surface area contributed by atoms with E-state index in [4.69, 9.17) is 0 Å². The fourth-order valence-corrected chi connectivity index (χ4v) is 4.07. The molecule has 0 aromatic carbocycles. The van der Waals surface area contributed by atoms with E-state index in [-0.39, 0.29) is 29.2 Å². The Morgan fingerprint density at radius 1 is 1.15 bits per heavy atom. The molecule has 2 fully saturated rings. The lowest BCUT2D eigenvalue weighted by Gasteiger charge is -2.32. The van der Waals surface area contributed by atoms with Crippen LogP contribution < -0.4 is 16.2 Å². The maximum Gasteiger partial charge on any atom is 0.252 e. The fraction of sp³-hybridized carbons (Fsp3) is 0.684. The number of aryl methyl sites for hydroxylation is 1. The first kappa shape index (κ1) is 19.4. The fourth-order valence-electron chi connectivity index (χ4n) is 4.07. The van der Waals surface area contributed by atoms with Crippen molar-refractivity contribution in [1.82, 2.24) is 20.2 Å². The van der Waals surface area contributed by atoms with E-state index in [1.807, 2.05) is 4.90 Å². The van der Waals surface area contributed by atoms with Gasteiger partial charge in [-0.3, -0.25) is 19.4 Å². The number of aromatic nitrogens is 2. The number of aromatic amines is 1. The molecule has 2 aliphatic rings. The molecular formula is C19H29N5O3. The van der Waals surface area contributed by atoms with E-state index in [1.54, 1.807) is 6.92 Å². The Kier molecular flexibility index (Phi) is 6.47. The molecule has 0 radical (unpaired) electrons. The molecule has 27 heavy (non-hydrogen) atoms. The third kappa shape index (κ3) is 5.08. The quantitative estimate of drug-likeness (QED) is 0.644. The zero-order valence-electron chi connectivity index (χ0n) is 15.9. The van der Waals surface area contributed by atoms with Gasteiger partial charge in [-0.15, -0.1) is 0 Å². The van der Waals surface area contributed by atoms with E-state index in [0.29, 0.717) is 24.7 Å². The van der Waals surface area contributed by atoms with Crippen molar-refractivity contribution < 1.29 is 9.59 Å². The molecule has 3 rings (SSSR count). The van der Waals surface area contributed by atoms with Gasteiger partial charge in [-0.2, -0.15) is 0 Å². The summed E-state index contributed by atoms with van der Waals surface area (Å²) >= 11 is 0. The molecule has 0 spiro atoms. The van der Waals surface area contributed by atoms with Crippen molar-refractivity contribution in [3.8, 4) is 0 Å². The second-order valence-corrected chi connectivity index (χ2v) is 7.48. The van der Waals surface area contributed by atoms with Crippen molar-refractivity contribution in [3.05, 3.63) is 22.1 Å². The molecule has 2 atom stereocenters. The Balaban J connectivity index is 1.49. The molecule has 2 amide bonds. The lowest BCUT2D eigenvalue weighted by molar-refractivity contribution is -0.142. The third-order valence-electron chi connectivity index (χ3n) is 5.42. The predicted octanol–water partition coefficient (Wildman–Crippen LogP) is 1.04.